The number of hydrazine groups is 1. The summed E-state index contributed by atoms with van der Waals surface area (Å²) < 4.78 is 31.9. The lowest BCUT2D eigenvalue weighted by molar-refractivity contribution is 0.0912. The third-order valence-electron chi connectivity index (χ3n) is 3.04. The molecule has 0 heterocycles. The first-order chi connectivity index (χ1) is 12.3. The highest BCUT2D eigenvalue weighted by molar-refractivity contribution is 7.92. The molecule has 2 amide bonds. The Balaban J connectivity index is 2.14. The van der Waals surface area contributed by atoms with Crippen LogP contribution in [0, 0.1) is 0 Å². The number of hydrogen-bond acceptors (Lipinski definition) is 5. The molecule has 3 N–H and O–H groups in total. The van der Waals surface area contributed by atoms with Crippen LogP contribution < -0.4 is 15.6 Å². The summed E-state index contributed by atoms with van der Waals surface area (Å²) in [7, 11) is -3.93. The van der Waals surface area contributed by atoms with Crippen LogP contribution in [-0.4, -0.2) is 27.0 Å². The zero-order valence-electron chi connectivity index (χ0n) is 13.7. The highest BCUT2D eigenvalue weighted by Crippen LogP contribution is 2.20. The number of amides is 2. The van der Waals surface area contributed by atoms with Gasteiger partial charge in [0, 0.05) is 10.6 Å². The number of carbonyl (C=O) groups is 2. The Labute approximate surface area is 155 Å². The van der Waals surface area contributed by atoms with Crippen LogP contribution in [0.25, 0.3) is 0 Å². The number of nitrogens with one attached hydrogen (secondary N) is 3. The lowest BCUT2D eigenvalue weighted by Crippen LogP contribution is -2.41. The number of carbonyl (C=O) groups excluding carboxylic acids is 2. The van der Waals surface area contributed by atoms with Gasteiger partial charge in [-0.1, -0.05) is 23.7 Å². The molecule has 0 fully saturated rings. The smallest absolute Gasteiger partial charge is 0.426 e. The Kier molecular flexibility index (Phi) is 6.42. The van der Waals surface area contributed by atoms with Gasteiger partial charge in [-0.15, -0.1) is 0 Å². The van der Waals surface area contributed by atoms with Gasteiger partial charge in [-0.25, -0.2) is 18.6 Å². The minimum absolute atomic E-state index is 0.0377. The molecule has 0 unspecified atom stereocenters. The number of hydrogen-bond donors (Lipinski definition) is 3. The largest absolute Gasteiger partial charge is 0.449 e. The molecule has 2 rings (SSSR count). The number of ether oxygens (including phenoxy) is 1. The van der Waals surface area contributed by atoms with Crippen molar-refractivity contribution in [2.75, 3.05) is 11.3 Å². The highest BCUT2D eigenvalue weighted by atomic mass is 35.5. The van der Waals surface area contributed by atoms with Gasteiger partial charge in [-0.2, -0.15) is 0 Å². The number of halogens is 1. The van der Waals surface area contributed by atoms with Crippen LogP contribution in [0.5, 0.6) is 0 Å². The first-order valence-corrected chi connectivity index (χ1v) is 9.29. The molecule has 0 aliphatic rings. The second kappa shape index (κ2) is 8.54. The lowest BCUT2D eigenvalue weighted by atomic mass is 10.2. The summed E-state index contributed by atoms with van der Waals surface area (Å²) in [4.78, 5) is 23.1. The van der Waals surface area contributed by atoms with Gasteiger partial charge in [-0.05, 0) is 43.3 Å². The Morgan fingerprint density at radius 1 is 1.08 bits per heavy atom. The molecule has 2 aromatic carbocycles. The summed E-state index contributed by atoms with van der Waals surface area (Å²) in [5.41, 5.74) is 4.49. The monoisotopic (exact) mass is 397 g/mol. The molecule has 2 aromatic rings. The summed E-state index contributed by atoms with van der Waals surface area (Å²) in [6.07, 6.45) is -0.827. The van der Waals surface area contributed by atoms with Crippen molar-refractivity contribution in [3.63, 3.8) is 0 Å². The molecule has 26 heavy (non-hydrogen) atoms. The van der Waals surface area contributed by atoms with Crippen LogP contribution >= 0.6 is 11.6 Å². The zero-order valence-corrected chi connectivity index (χ0v) is 15.2. The van der Waals surface area contributed by atoms with E-state index in [4.69, 9.17) is 11.6 Å². The van der Waals surface area contributed by atoms with Crippen molar-refractivity contribution in [3.8, 4) is 0 Å². The van der Waals surface area contributed by atoms with E-state index in [0.717, 1.165) is 0 Å². The van der Waals surface area contributed by atoms with Crippen molar-refractivity contribution in [2.24, 2.45) is 0 Å². The summed E-state index contributed by atoms with van der Waals surface area (Å²) >= 11 is 5.84. The fourth-order valence-corrected chi connectivity index (χ4v) is 3.20. The molecule has 0 radical (unpaired) electrons. The Hall–Kier alpha value is -2.78. The van der Waals surface area contributed by atoms with Gasteiger partial charge < -0.3 is 4.74 Å². The van der Waals surface area contributed by atoms with Crippen LogP contribution in [0.4, 0.5) is 10.5 Å². The van der Waals surface area contributed by atoms with E-state index in [9.17, 15) is 18.0 Å². The second-order valence-corrected chi connectivity index (χ2v) is 7.06. The van der Waals surface area contributed by atoms with Crippen molar-refractivity contribution >= 4 is 39.3 Å². The molecule has 138 valence electrons. The number of benzene rings is 2. The quantitative estimate of drug-likeness (QED) is 0.671. The van der Waals surface area contributed by atoms with Crippen LogP contribution in [0.1, 0.15) is 17.3 Å². The number of rotatable bonds is 5. The average molecular weight is 398 g/mol. The summed E-state index contributed by atoms with van der Waals surface area (Å²) in [6.45, 7) is 1.76. The van der Waals surface area contributed by atoms with Crippen molar-refractivity contribution < 1.29 is 22.7 Å². The Morgan fingerprint density at radius 3 is 2.50 bits per heavy atom. The maximum Gasteiger partial charge on any atom is 0.426 e. The molecule has 0 atom stereocenters. The van der Waals surface area contributed by atoms with Crippen molar-refractivity contribution in [1.29, 1.82) is 0 Å². The maximum atomic E-state index is 12.5. The third kappa shape index (κ3) is 5.36. The van der Waals surface area contributed by atoms with Gasteiger partial charge in [0.1, 0.15) is 0 Å². The SMILES string of the molecule is CCOC(=O)NNC(=O)c1cccc(S(=O)(=O)Nc2cccc(Cl)c2)c1. The fraction of sp³-hybridized carbons (Fsp3) is 0.125. The molecule has 10 heteroatoms. The minimum Gasteiger partial charge on any atom is -0.449 e. The van der Waals surface area contributed by atoms with E-state index in [-0.39, 0.29) is 22.8 Å². The normalized spacial score (nSPS) is 10.7. The molecule has 0 saturated heterocycles. The first kappa shape index (κ1) is 19.5. The van der Waals surface area contributed by atoms with Gasteiger partial charge >= 0.3 is 6.09 Å². The van der Waals surface area contributed by atoms with Crippen LogP contribution in [0.2, 0.25) is 5.02 Å². The average Bonchev–Trinajstić information content (AvgIpc) is 2.60. The van der Waals surface area contributed by atoms with Crippen molar-refractivity contribution in [3.05, 3.63) is 59.1 Å². The number of sulfonamides is 1. The van der Waals surface area contributed by atoms with E-state index in [1.807, 2.05) is 5.43 Å². The standard InChI is InChI=1S/C16H16ClN3O5S/c1-2-25-16(22)19-18-15(21)11-5-3-8-14(9-11)26(23,24)20-13-7-4-6-12(17)10-13/h3-10,20H,2H2,1H3,(H,18,21)(H,19,22). The highest BCUT2D eigenvalue weighted by Gasteiger charge is 2.17. The molecule has 0 saturated carbocycles. The van der Waals surface area contributed by atoms with E-state index < -0.39 is 22.0 Å². The van der Waals surface area contributed by atoms with E-state index in [1.54, 1.807) is 25.1 Å². The van der Waals surface area contributed by atoms with Crippen LogP contribution in [0.15, 0.2) is 53.4 Å². The van der Waals surface area contributed by atoms with Gasteiger partial charge in [-0.3, -0.25) is 14.9 Å². The van der Waals surface area contributed by atoms with E-state index >= 15 is 0 Å². The predicted octanol–water partition coefficient (Wildman–Crippen LogP) is 2.53. The molecule has 0 aliphatic heterocycles. The molecule has 8 nitrogen and oxygen atoms in total. The summed E-state index contributed by atoms with van der Waals surface area (Å²) in [6, 6.07) is 11.5. The summed E-state index contributed by atoms with van der Waals surface area (Å²) in [5.74, 6) is -0.696. The van der Waals surface area contributed by atoms with Gasteiger partial charge in [0.2, 0.25) is 0 Å². The molecule has 0 aliphatic carbocycles. The Bertz CT molecular complexity index is 918. The first-order valence-electron chi connectivity index (χ1n) is 7.43. The van der Waals surface area contributed by atoms with Gasteiger partial charge in [0.25, 0.3) is 15.9 Å². The molecule has 0 aromatic heterocycles. The Morgan fingerprint density at radius 2 is 1.81 bits per heavy atom. The predicted molar refractivity (Wildman–Crippen MR) is 96.3 cm³/mol. The van der Waals surface area contributed by atoms with Crippen LogP contribution in [-0.2, 0) is 14.8 Å². The maximum absolute atomic E-state index is 12.5. The van der Waals surface area contributed by atoms with Gasteiger partial charge in [0.15, 0.2) is 0 Å². The number of anilines is 1. The summed E-state index contributed by atoms with van der Waals surface area (Å²) in [5, 5.41) is 0.378. The zero-order chi connectivity index (χ0) is 19.2. The fourth-order valence-electron chi connectivity index (χ4n) is 1.92. The molecular formula is C16H16ClN3O5S. The van der Waals surface area contributed by atoms with Crippen LogP contribution in [0.3, 0.4) is 0 Å². The molecule has 0 bridgehead atoms. The third-order valence-corrected chi connectivity index (χ3v) is 4.65. The minimum atomic E-state index is -3.93. The molecule has 0 spiro atoms. The van der Waals surface area contributed by atoms with Crippen molar-refractivity contribution in [1.82, 2.24) is 10.9 Å². The molecular weight excluding hydrogens is 382 g/mol. The topological polar surface area (TPSA) is 114 Å². The van der Waals surface area contributed by atoms with Gasteiger partial charge in [0.05, 0.1) is 17.2 Å². The van der Waals surface area contributed by atoms with E-state index in [2.05, 4.69) is 14.9 Å². The second-order valence-electron chi connectivity index (χ2n) is 4.94. The van der Waals surface area contributed by atoms with E-state index in [0.29, 0.717) is 5.02 Å². The lowest BCUT2D eigenvalue weighted by Gasteiger charge is -2.10. The van der Waals surface area contributed by atoms with Crippen molar-refractivity contribution in [2.45, 2.75) is 11.8 Å². The van der Waals surface area contributed by atoms with E-state index in [1.165, 1.54) is 30.3 Å².